The molecule has 144 valence electrons. The molecule has 1 heterocycles. The largest absolute Gasteiger partial charge is 0.338 e. The van der Waals surface area contributed by atoms with Crippen molar-refractivity contribution in [3.05, 3.63) is 73.3 Å². The van der Waals surface area contributed by atoms with Crippen LogP contribution in [0.25, 0.3) is 0 Å². The van der Waals surface area contributed by atoms with Gasteiger partial charge in [-0.1, -0.05) is 24.3 Å². The van der Waals surface area contributed by atoms with Crippen LogP contribution >= 0.6 is 0 Å². The van der Waals surface area contributed by atoms with E-state index in [1.165, 1.54) is 0 Å². The number of imidazole rings is 1. The van der Waals surface area contributed by atoms with Crippen molar-refractivity contribution < 1.29 is 9.59 Å². The molecule has 0 unspecified atom stereocenters. The molecule has 0 bridgehead atoms. The monoisotopic (exact) mass is 378 g/mol. The molecule has 1 aromatic heterocycles. The number of rotatable bonds is 7. The van der Waals surface area contributed by atoms with E-state index in [1.54, 1.807) is 48.9 Å². The molecule has 0 atom stereocenters. The lowest BCUT2D eigenvalue weighted by Gasteiger charge is -2.11. The third-order valence-electron chi connectivity index (χ3n) is 3.85. The fraction of sp³-hybridized carbons (Fsp3) is 0.150. The standard InChI is InChI=1S/C20H22N6O2/c27-19(22-10-5-12-26-13-11-21-15-26)24-17-8-4-9-18(14-17)25-20(28)23-16-6-2-1-3-7-16/h1-4,6-9,11,13-15H,5,10,12H2,(H2,22,24,27)(H2,23,25,28). The van der Waals surface area contributed by atoms with E-state index in [9.17, 15) is 9.59 Å². The van der Waals surface area contributed by atoms with Crippen LogP contribution in [0.3, 0.4) is 0 Å². The van der Waals surface area contributed by atoms with Crippen molar-refractivity contribution in [2.75, 3.05) is 22.5 Å². The van der Waals surface area contributed by atoms with Crippen LogP contribution in [0.2, 0.25) is 0 Å². The maximum Gasteiger partial charge on any atom is 0.323 e. The molecule has 0 saturated carbocycles. The third-order valence-corrected chi connectivity index (χ3v) is 3.85. The smallest absolute Gasteiger partial charge is 0.323 e. The summed E-state index contributed by atoms with van der Waals surface area (Å²) in [5.74, 6) is 0. The lowest BCUT2D eigenvalue weighted by atomic mass is 10.3. The van der Waals surface area contributed by atoms with Crippen LogP contribution in [-0.2, 0) is 6.54 Å². The summed E-state index contributed by atoms with van der Waals surface area (Å²) in [4.78, 5) is 28.0. The molecule has 28 heavy (non-hydrogen) atoms. The number of amides is 4. The molecule has 0 fully saturated rings. The molecule has 2 aromatic carbocycles. The van der Waals surface area contributed by atoms with Gasteiger partial charge < -0.3 is 25.8 Å². The first-order chi connectivity index (χ1) is 13.7. The van der Waals surface area contributed by atoms with Gasteiger partial charge >= 0.3 is 12.1 Å². The van der Waals surface area contributed by atoms with Gasteiger partial charge in [0.25, 0.3) is 0 Å². The van der Waals surface area contributed by atoms with Crippen molar-refractivity contribution >= 4 is 29.1 Å². The van der Waals surface area contributed by atoms with E-state index in [1.807, 2.05) is 29.0 Å². The highest BCUT2D eigenvalue weighted by Crippen LogP contribution is 2.15. The molecule has 8 heteroatoms. The first-order valence-electron chi connectivity index (χ1n) is 8.93. The van der Waals surface area contributed by atoms with E-state index in [-0.39, 0.29) is 12.1 Å². The van der Waals surface area contributed by atoms with Gasteiger partial charge in [-0.3, -0.25) is 0 Å². The van der Waals surface area contributed by atoms with Crippen LogP contribution in [-0.4, -0.2) is 28.2 Å². The fourth-order valence-corrected chi connectivity index (χ4v) is 2.55. The molecule has 0 spiro atoms. The Balaban J connectivity index is 1.43. The van der Waals surface area contributed by atoms with Crippen LogP contribution in [0.5, 0.6) is 0 Å². The number of aromatic nitrogens is 2. The van der Waals surface area contributed by atoms with Crippen molar-refractivity contribution in [2.24, 2.45) is 0 Å². The maximum atomic E-state index is 12.1. The highest BCUT2D eigenvalue weighted by molar-refractivity contribution is 6.00. The van der Waals surface area contributed by atoms with E-state index in [0.29, 0.717) is 23.6 Å². The summed E-state index contributed by atoms with van der Waals surface area (Å²) in [6.07, 6.45) is 6.14. The van der Waals surface area contributed by atoms with Gasteiger partial charge in [-0.05, 0) is 36.8 Å². The van der Waals surface area contributed by atoms with Gasteiger partial charge in [-0.15, -0.1) is 0 Å². The second kappa shape index (κ2) is 9.77. The molecule has 4 N–H and O–H groups in total. The summed E-state index contributed by atoms with van der Waals surface area (Å²) >= 11 is 0. The number of nitrogens with zero attached hydrogens (tertiary/aromatic N) is 2. The van der Waals surface area contributed by atoms with Crippen molar-refractivity contribution in [3.63, 3.8) is 0 Å². The minimum absolute atomic E-state index is 0.295. The molecule has 8 nitrogen and oxygen atoms in total. The molecule has 4 amide bonds. The first-order valence-corrected chi connectivity index (χ1v) is 8.93. The van der Waals surface area contributed by atoms with Crippen LogP contribution in [0.1, 0.15) is 6.42 Å². The summed E-state index contributed by atoms with van der Waals surface area (Å²) < 4.78 is 1.95. The summed E-state index contributed by atoms with van der Waals surface area (Å²) in [7, 11) is 0. The molecular formula is C20H22N6O2. The van der Waals surface area contributed by atoms with Crippen LogP contribution in [0, 0.1) is 0 Å². The number of hydrogen-bond acceptors (Lipinski definition) is 3. The Morgan fingerprint density at radius 2 is 1.54 bits per heavy atom. The summed E-state index contributed by atoms with van der Waals surface area (Å²) in [5.41, 5.74) is 1.86. The molecule has 3 rings (SSSR count). The average molecular weight is 378 g/mol. The van der Waals surface area contributed by atoms with E-state index in [0.717, 1.165) is 13.0 Å². The molecule has 3 aromatic rings. The van der Waals surface area contributed by atoms with Gasteiger partial charge in [-0.25, -0.2) is 14.6 Å². The molecule has 0 aliphatic rings. The van der Waals surface area contributed by atoms with E-state index >= 15 is 0 Å². The predicted molar refractivity (Wildman–Crippen MR) is 109 cm³/mol. The quantitative estimate of drug-likeness (QED) is 0.471. The summed E-state index contributed by atoms with van der Waals surface area (Å²) in [6.45, 7) is 1.33. The number of anilines is 3. The molecule has 0 radical (unpaired) electrons. The second-order valence-corrected chi connectivity index (χ2v) is 6.06. The third kappa shape index (κ3) is 6.17. The zero-order valence-corrected chi connectivity index (χ0v) is 15.3. The minimum atomic E-state index is -0.354. The van der Waals surface area contributed by atoms with Crippen LogP contribution in [0.4, 0.5) is 26.7 Å². The van der Waals surface area contributed by atoms with Crippen molar-refractivity contribution in [2.45, 2.75) is 13.0 Å². The number of para-hydroxylation sites is 1. The van der Waals surface area contributed by atoms with Gasteiger partial charge in [0, 0.05) is 42.5 Å². The Morgan fingerprint density at radius 3 is 2.25 bits per heavy atom. The summed E-state index contributed by atoms with van der Waals surface area (Å²) in [6, 6.07) is 15.5. The topological polar surface area (TPSA) is 100 Å². The Labute approximate surface area is 163 Å². The number of nitrogens with one attached hydrogen (secondary N) is 4. The molecule has 0 aliphatic heterocycles. The Kier molecular flexibility index (Phi) is 6.62. The molecular weight excluding hydrogens is 356 g/mol. The first kappa shape index (κ1) is 19.0. The second-order valence-electron chi connectivity index (χ2n) is 6.06. The summed E-state index contributed by atoms with van der Waals surface area (Å²) in [5, 5.41) is 11.0. The number of carbonyl (C=O) groups excluding carboxylic acids is 2. The van der Waals surface area contributed by atoms with Crippen molar-refractivity contribution in [3.8, 4) is 0 Å². The SMILES string of the molecule is O=C(NCCCn1ccnc1)Nc1cccc(NC(=O)Nc2ccccc2)c1. The van der Waals surface area contributed by atoms with Gasteiger partial charge in [0.05, 0.1) is 6.33 Å². The fourth-order valence-electron chi connectivity index (χ4n) is 2.55. The van der Waals surface area contributed by atoms with Gasteiger partial charge in [0.1, 0.15) is 0 Å². The average Bonchev–Trinajstić information content (AvgIpc) is 3.20. The highest BCUT2D eigenvalue weighted by Gasteiger charge is 2.05. The predicted octanol–water partition coefficient (Wildman–Crippen LogP) is 3.74. The van der Waals surface area contributed by atoms with Crippen molar-refractivity contribution in [1.82, 2.24) is 14.9 Å². The van der Waals surface area contributed by atoms with Crippen molar-refractivity contribution in [1.29, 1.82) is 0 Å². The number of carbonyl (C=O) groups is 2. The number of hydrogen-bond donors (Lipinski definition) is 4. The Bertz CT molecular complexity index is 896. The number of urea groups is 2. The van der Waals surface area contributed by atoms with E-state index in [4.69, 9.17) is 0 Å². The van der Waals surface area contributed by atoms with Gasteiger partial charge in [0.15, 0.2) is 0 Å². The van der Waals surface area contributed by atoms with Crippen LogP contribution < -0.4 is 21.3 Å². The highest BCUT2D eigenvalue weighted by atomic mass is 16.2. The maximum absolute atomic E-state index is 12.1. The number of benzene rings is 2. The minimum Gasteiger partial charge on any atom is -0.338 e. The Morgan fingerprint density at radius 1 is 0.857 bits per heavy atom. The lowest BCUT2D eigenvalue weighted by molar-refractivity contribution is 0.251. The molecule has 0 aliphatic carbocycles. The van der Waals surface area contributed by atoms with Gasteiger partial charge in [0.2, 0.25) is 0 Å². The lowest BCUT2D eigenvalue weighted by Crippen LogP contribution is -2.30. The Hall–Kier alpha value is -3.81. The zero-order chi connectivity index (χ0) is 19.6. The van der Waals surface area contributed by atoms with E-state index < -0.39 is 0 Å². The zero-order valence-electron chi connectivity index (χ0n) is 15.3. The molecule has 0 saturated heterocycles. The van der Waals surface area contributed by atoms with Gasteiger partial charge in [-0.2, -0.15) is 0 Å². The number of aryl methyl sites for hydroxylation is 1. The van der Waals surface area contributed by atoms with E-state index in [2.05, 4.69) is 26.3 Å². The van der Waals surface area contributed by atoms with Crippen LogP contribution in [0.15, 0.2) is 73.3 Å². The normalized spacial score (nSPS) is 10.1.